The van der Waals surface area contributed by atoms with Crippen LogP contribution in [-0.4, -0.2) is 53.9 Å². The van der Waals surface area contributed by atoms with E-state index in [-0.39, 0.29) is 36.8 Å². The summed E-state index contributed by atoms with van der Waals surface area (Å²) in [6, 6.07) is 8.26. The van der Waals surface area contributed by atoms with Gasteiger partial charge in [0.25, 0.3) is 20.1 Å². The van der Waals surface area contributed by atoms with Crippen LogP contribution in [0, 0.1) is 5.82 Å². The van der Waals surface area contributed by atoms with Crippen LogP contribution in [0.1, 0.15) is 23.7 Å². The molecule has 2 heterocycles. The van der Waals surface area contributed by atoms with Crippen molar-refractivity contribution < 1.29 is 39.6 Å². The molecule has 3 aromatic rings. The van der Waals surface area contributed by atoms with E-state index >= 15 is 4.39 Å². The molecule has 0 radical (unpaired) electrons. The normalized spacial score (nSPS) is 15.4. The molecule has 1 atom stereocenters. The van der Waals surface area contributed by atoms with Gasteiger partial charge in [0, 0.05) is 42.1 Å². The van der Waals surface area contributed by atoms with Gasteiger partial charge in [-0.1, -0.05) is 0 Å². The zero-order chi connectivity index (χ0) is 26.8. The van der Waals surface area contributed by atoms with E-state index in [4.69, 9.17) is 18.4 Å². The van der Waals surface area contributed by atoms with Crippen molar-refractivity contribution in [1.29, 1.82) is 0 Å². The first-order chi connectivity index (χ1) is 17.5. The number of nitrogens with zero attached hydrogens (tertiary/aromatic N) is 3. The Kier molecular flexibility index (Phi) is 7.52. The zero-order valence-electron chi connectivity index (χ0n) is 20.1. The van der Waals surface area contributed by atoms with E-state index in [1.165, 1.54) is 32.7 Å². The summed E-state index contributed by atoms with van der Waals surface area (Å²) in [6.07, 6.45) is 2.72. The van der Waals surface area contributed by atoms with Crippen molar-refractivity contribution in [2.24, 2.45) is 0 Å². The second-order valence-corrected chi connectivity index (χ2v) is 11.4. The van der Waals surface area contributed by atoms with Gasteiger partial charge in [-0.25, -0.2) is 27.1 Å². The van der Waals surface area contributed by atoms with Gasteiger partial charge >= 0.3 is 0 Å². The Bertz CT molecular complexity index is 1500. The molecular formula is C23H24FN3O8S2. The highest BCUT2D eigenvalue weighted by Crippen LogP contribution is 2.39. The lowest BCUT2D eigenvalue weighted by atomic mass is 10.0. The van der Waals surface area contributed by atoms with Gasteiger partial charge in [-0.2, -0.15) is 8.42 Å². The highest BCUT2D eigenvalue weighted by atomic mass is 32.2. The lowest BCUT2D eigenvalue weighted by Gasteiger charge is -2.27. The minimum Gasteiger partial charge on any atom is -0.497 e. The predicted octanol–water partition coefficient (Wildman–Crippen LogP) is 2.83. The third kappa shape index (κ3) is 5.76. The van der Waals surface area contributed by atoms with Gasteiger partial charge in [-0.3, -0.25) is 4.18 Å². The molecule has 1 aromatic heterocycles. The van der Waals surface area contributed by atoms with Gasteiger partial charge in [0.1, 0.15) is 34.1 Å². The topological polar surface area (TPSA) is 134 Å². The summed E-state index contributed by atoms with van der Waals surface area (Å²) in [6.45, 7) is -0.246. The second-order valence-electron chi connectivity index (χ2n) is 7.98. The number of fused-ring (bicyclic) bond motifs is 1. The number of benzene rings is 2. The summed E-state index contributed by atoms with van der Waals surface area (Å²) in [4.78, 5) is 7.41. The molecule has 0 amide bonds. The van der Waals surface area contributed by atoms with Gasteiger partial charge in [-0.15, -0.1) is 0 Å². The summed E-state index contributed by atoms with van der Waals surface area (Å²) >= 11 is 0. The molecule has 1 aliphatic rings. The van der Waals surface area contributed by atoms with E-state index in [2.05, 4.69) is 9.97 Å². The molecule has 198 valence electrons. The third-order valence-electron chi connectivity index (χ3n) is 5.49. The molecule has 14 heteroatoms. The van der Waals surface area contributed by atoms with Crippen LogP contribution in [0.4, 0.5) is 10.3 Å². The molecule has 0 saturated heterocycles. The van der Waals surface area contributed by atoms with Crippen LogP contribution in [0.5, 0.6) is 17.2 Å². The fourth-order valence-electron chi connectivity index (χ4n) is 3.81. The number of hydrogen-bond acceptors (Lipinski definition) is 10. The lowest BCUT2D eigenvalue weighted by Crippen LogP contribution is -2.33. The molecule has 1 aliphatic heterocycles. The van der Waals surface area contributed by atoms with Gasteiger partial charge in [0.2, 0.25) is 5.95 Å². The maximum absolute atomic E-state index is 15.4. The maximum Gasteiger partial charge on any atom is 0.270 e. The first-order valence-electron chi connectivity index (χ1n) is 10.9. The quantitative estimate of drug-likeness (QED) is 0.364. The van der Waals surface area contributed by atoms with E-state index in [1.807, 2.05) is 0 Å². The van der Waals surface area contributed by atoms with Gasteiger partial charge in [0.05, 0.1) is 33.6 Å². The fourth-order valence-corrected chi connectivity index (χ4v) is 5.84. The van der Waals surface area contributed by atoms with Crippen LogP contribution in [-0.2, 0) is 30.9 Å². The van der Waals surface area contributed by atoms with Crippen LogP contribution < -0.4 is 18.5 Å². The Hall–Kier alpha value is -3.49. The van der Waals surface area contributed by atoms with Crippen molar-refractivity contribution in [1.82, 2.24) is 9.97 Å². The SMILES string of the molecule is COc1ccc(CN(c2ncccn2)S(=O)(=O)c2cc3c(cc2F)C(OS(C)(=O)=O)CCO3)c(OC)c1. The van der Waals surface area contributed by atoms with Crippen LogP contribution >= 0.6 is 0 Å². The average molecular weight is 554 g/mol. The highest BCUT2D eigenvalue weighted by Gasteiger charge is 2.34. The molecule has 0 fully saturated rings. The van der Waals surface area contributed by atoms with Crippen molar-refractivity contribution in [3.8, 4) is 17.2 Å². The standard InChI is InChI=1S/C23H24FN3O8S2/c1-32-16-6-5-15(20(11-16)33-2)14-27(23-25-8-4-9-26-23)37(30,31)22-13-21-17(12-18(22)24)19(7-10-34-21)35-36(3,28)29/h4-6,8-9,11-13,19H,7,10,14H2,1-3H3. The fraction of sp³-hybridized carbons (Fsp3) is 0.304. The average Bonchev–Trinajstić information content (AvgIpc) is 2.86. The summed E-state index contributed by atoms with van der Waals surface area (Å²) < 4.78 is 88.4. The number of anilines is 1. The number of methoxy groups -OCH3 is 2. The molecule has 0 N–H and O–H groups in total. The summed E-state index contributed by atoms with van der Waals surface area (Å²) in [5, 5.41) is 0. The van der Waals surface area contributed by atoms with Crippen LogP contribution in [0.2, 0.25) is 0 Å². The Morgan fingerprint density at radius 1 is 1.08 bits per heavy atom. The van der Waals surface area contributed by atoms with Crippen molar-refractivity contribution in [2.75, 3.05) is 31.4 Å². The van der Waals surface area contributed by atoms with E-state index < -0.39 is 37.0 Å². The number of halogens is 1. The minimum atomic E-state index is -4.60. The molecule has 0 saturated carbocycles. The zero-order valence-corrected chi connectivity index (χ0v) is 21.8. The summed E-state index contributed by atoms with van der Waals surface area (Å²) in [5.74, 6) is -0.485. The van der Waals surface area contributed by atoms with Crippen LogP contribution in [0.25, 0.3) is 0 Å². The first-order valence-corrected chi connectivity index (χ1v) is 14.1. The largest absolute Gasteiger partial charge is 0.497 e. The van der Waals surface area contributed by atoms with Crippen molar-refractivity contribution >= 4 is 26.1 Å². The van der Waals surface area contributed by atoms with Gasteiger partial charge < -0.3 is 14.2 Å². The van der Waals surface area contributed by atoms with E-state index in [0.717, 1.165) is 22.7 Å². The molecule has 0 aliphatic carbocycles. The Morgan fingerprint density at radius 3 is 2.46 bits per heavy atom. The second kappa shape index (κ2) is 10.5. The Morgan fingerprint density at radius 2 is 1.81 bits per heavy atom. The minimum absolute atomic E-state index is 0.00386. The van der Waals surface area contributed by atoms with E-state index in [9.17, 15) is 16.8 Å². The van der Waals surface area contributed by atoms with Crippen molar-refractivity contribution in [2.45, 2.75) is 24.0 Å². The molecule has 4 rings (SSSR count). The van der Waals surface area contributed by atoms with Crippen molar-refractivity contribution in [3.63, 3.8) is 0 Å². The molecule has 11 nitrogen and oxygen atoms in total. The number of ether oxygens (including phenoxy) is 3. The number of rotatable bonds is 9. The van der Waals surface area contributed by atoms with Crippen LogP contribution in [0.15, 0.2) is 53.7 Å². The summed E-state index contributed by atoms with van der Waals surface area (Å²) in [5.41, 5.74) is 0.531. The third-order valence-corrected chi connectivity index (χ3v) is 7.81. The number of sulfonamides is 1. The Labute approximate surface area is 214 Å². The number of hydrogen-bond donors (Lipinski definition) is 0. The van der Waals surface area contributed by atoms with Crippen molar-refractivity contribution in [3.05, 3.63) is 65.7 Å². The van der Waals surface area contributed by atoms with E-state index in [0.29, 0.717) is 17.1 Å². The monoisotopic (exact) mass is 553 g/mol. The van der Waals surface area contributed by atoms with Gasteiger partial charge in [0.15, 0.2) is 0 Å². The predicted molar refractivity (Wildman–Crippen MR) is 130 cm³/mol. The van der Waals surface area contributed by atoms with Crippen LogP contribution in [0.3, 0.4) is 0 Å². The maximum atomic E-state index is 15.4. The smallest absolute Gasteiger partial charge is 0.270 e. The highest BCUT2D eigenvalue weighted by molar-refractivity contribution is 7.92. The van der Waals surface area contributed by atoms with E-state index in [1.54, 1.807) is 18.2 Å². The molecule has 1 unspecified atom stereocenters. The molecule has 2 aromatic carbocycles. The Balaban J connectivity index is 1.80. The molecule has 0 bridgehead atoms. The number of aromatic nitrogens is 2. The summed E-state index contributed by atoms with van der Waals surface area (Å²) in [7, 11) is -5.55. The molecule has 0 spiro atoms. The molecule has 37 heavy (non-hydrogen) atoms. The van der Waals surface area contributed by atoms with Gasteiger partial charge in [-0.05, 0) is 24.3 Å². The lowest BCUT2D eigenvalue weighted by molar-refractivity contribution is 0.142. The first kappa shape index (κ1) is 26.6. The molecular weight excluding hydrogens is 529 g/mol.